The molecule has 0 saturated carbocycles. The Kier molecular flexibility index (Phi) is 16.7. The Bertz CT molecular complexity index is 646. The number of hydrogen-bond acceptors (Lipinski definition) is 9. The first-order valence-electron chi connectivity index (χ1n) is 8.08. The number of H-pyrrole nitrogens is 1. The fraction of sp³-hybridized carbons (Fsp3) is 0.692. The molecule has 0 unspecified atom stereocenters. The monoisotopic (exact) mass is 566 g/mol. The van der Waals surface area contributed by atoms with E-state index in [9.17, 15) is 14.4 Å². The number of aromatic amines is 1. The second kappa shape index (κ2) is 17.1. The van der Waals surface area contributed by atoms with Crippen LogP contribution < -0.4 is 10.6 Å². The van der Waals surface area contributed by atoms with Gasteiger partial charge in [0.1, 0.15) is 12.1 Å². The van der Waals surface area contributed by atoms with Gasteiger partial charge in [-0.15, -0.1) is 16.0 Å². The molecule has 0 radical (unpaired) electrons. The molecule has 164 valence electrons. The van der Waals surface area contributed by atoms with Gasteiger partial charge in [-0.25, -0.2) is 9.59 Å². The van der Waals surface area contributed by atoms with Gasteiger partial charge < -0.3 is 33.5 Å². The molecule has 29 heavy (non-hydrogen) atoms. The van der Waals surface area contributed by atoms with Gasteiger partial charge in [-0.05, 0) is 6.42 Å². The molecule has 1 rings (SSSR count). The van der Waals surface area contributed by atoms with Crippen molar-refractivity contribution < 1.29 is 41.7 Å². The first-order chi connectivity index (χ1) is 13.7. The summed E-state index contributed by atoms with van der Waals surface area (Å²) in [5.74, 6) is 1.64. The summed E-state index contributed by atoms with van der Waals surface area (Å²) in [4.78, 5) is 33.3. The van der Waals surface area contributed by atoms with E-state index in [0.29, 0.717) is 14.1 Å². The zero-order chi connectivity index (χ0) is 22.2. The predicted octanol–water partition coefficient (Wildman–Crippen LogP) is -1.30. The van der Waals surface area contributed by atoms with Crippen molar-refractivity contribution in [1.29, 1.82) is 0 Å². The standard InChI is InChI=1S/C9H14N6O5S.C4H10S3.Tc/c16-7(17)4(1-2-6-12-14-15-13-6)10-9(20)11-5(3-21)8(18)19;5-1-3-7-4-2-6;/h4-5,21H,1-3H2,(H,16,17)(H,18,19)(H2,10,11,20)(H,12,13,14,15);5-6H,1-4H2;/q;;+3/p-3/t4-,5-;;/m0../s1. The molecule has 0 aliphatic carbocycles. The number of urea groups is 1. The van der Waals surface area contributed by atoms with Gasteiger partial charge in [0.2, 0.25) is 0 Å². The molecule has 2 atom stereocenters. The Balaban J connectivity index is 0.000000828. The van der Waals surface area contributed by atoms with Crippen LogP contribution in [0.15, 0.2) is 0 Å². The fourth-order valence-electron chi connectivity index (χ4n) is 1.63. The van der Waals surface area contributed by atoms with Crippen LogP contribution in [0.1, 0.15) is 12.2 Å². The molecule has 1 aromatic rings. The molecule has 1 aromatic heterocycles. The molecule has 2 amide bonds. The number of carboxylic acid groups (broad SMARTS) is 2. The number of hydrogen-bond donors (Lipinski definition) is 5. The number of nitrogens with zero attached hydrogens (tertiary/aromatic N) is 3. The second-order valence-electron chi connectivity index (χ2n) is 5.17. The average Bonchev–Trinajstić information content (AvgIpc) is 3.17. The normalized spacial score (nSPS) is 12.4. The van der Waals surface area contributed by atoms with Gasteiger partial charge in [-0.2, -0.15) is 5.21 Å². The van der Waals surface area contributed by atoms with Crippen LogP contribution in [-0.4, -0.2) is 89.7 Å². The van der Waals surface area contributed by atoms with Crippen LogP contribution in [0.25, 0.3) is 0 Å². The Morgan fingerprint density at radius 2 is 1.62 bits per heavy atom. The third kappa shape index (κ3) is 14.0. The number of carbonyl (C=O) groups excluding carboxylic acids is 1. The van der Waals surface area contributed by atoms with E-state index in [1.54, 1.807) is 0 Å². The van der Waals surface area contributed by atoms with Gasteiger partial charge in [-0.3, -0.25) is 4.79 Å². The quantitative estimate of drug-likeness (QED) is 0.190. The third-order valence-corrected chi connectivity index (χ3v) is 7.86. The van der Waals surface area contributed by atoms with Gasteiger partial charge in [0.05, 0.1) is 0 Å². The summed E-state index contributed by atoms with van der Waals surface area (Å²) in [6, 6.07) is -3.40. The number of nitrogens with one attached hydrogen (secondary N) is 3. The fourth-order valence-corrected chi connectivity index (χ4v) is 6.30. The number of amides is 2. The molecule has 0 aliphatic rings. The molecule has 0 bridgehead atoms. The first kappa shape index (κ1) is 28.3. The van der Waals surface area contributed by atoms with Crippen molar-refractivity contribution in [2.24, 2.45) is 0 Å². The van der Waals surface area contributed by atoms with Crippen molar-refractivity contribution in [3.8, 4) is 0 Å². The zero-order valence-electron chi connectivity index (χ0n) is 15.1. The Morgan fingerprint density at radius 3 is 2.03 bits per heavy atom. The van der Waals surface area contributed by atoms with E-state index < -0.39 is 30.1 Å². The van der Waals surface area contributed by atoms with Crippen molar-refractivity contribution in [3.05, 3.63) is 5.82 Å². The minimum absolute atomic E-state index is 0.0217. The molecule has 1 heterocycles. The molecule has 0 spiro atoms. The van der Waals surface area contributed by atoms with E-state index in [0.717, 1.165) is 11.5 Å². The van der Waals surface area contributed by atoms with Gasteiger partial charge >= 0.3 is 91.6 Å². The summed E-state index contributed by atoms with van der Waals surface area (Å²) < 4.78 is 0. The summed E-state index contributed by atoms with van der Waals surface area (Å²) >= 11 is 16.6. The van der Waals surface area contributed by atoms with Crippen LogP contribution in [-0.2, 0) is 71.0 Å². The van der Waals surface area contributed by atoms with Crippen LogP contribution >= 0.6 is 8.26 Å². The number of rotatable bonds is 12. The van der Waals surface area contributed by atoms with Gasteiger partial charge in [-0.1, -0.05) is 5.21 Å². The van der Waals surface area contributed by atoms with E-state index in [4.69, 9.17) is 35.5 Å². The molecular weight excluding hydrogens is 546 g/mol. The summed E-state index contributed by atoms with van der Waals surface area (Å²) in [6.07, 6.45) is 0.199. The van der Waals surface area contributed by atoms with Crippen molar-refractivity contribution in [2.45, 2.75) is 24.9 Å². The summed E-state index contributed by atoms with van der Waals surface area (Å²) in [7, 11) is 0.492. The molecule has 0 saturated heterocycles. The Hall–Kier alpha value is -0.671. The zero-order valence-corrected chi connectivity index (χ0v) is 20.2. The second-order valence-corrected chi connectivity index (χ2v) is 11.2. The SMILES string of the molecule is O=C(N[C@@H](C[S-])C(=O)O)N[C@@H](CCc1nn[nH]n1)C(=O)O.[S-]CC[S](=[Tc+3])CC[S-]. The molecule has 11 nitrogen and oxygen atoms in total. The molecule has 0 aromatic carbocycles. The topological polar surface area (TPSA) is 170 Å². The predicted molar refractivity (Wildman–Crippen MR) is 111 cm³/mol. The maximum absolute atomic E-state index is 11.5. The molecule has 0 fully saturated rings. The van der Waals surface area contributed by atoms with Crippen LogP contribution in [0.4, 0.5) is 4.79 Å². The van der Waals surface area contributed by atoms with E-state index in [-0.39, 0.29) is 18.6 Å². The van der Waals surface area contributed by atoms with Gasteiger partial charge in [0.25, 0.3) is 0 Å². The number of aryl methyl sites for hydroxylation is 1. The maximum atomic E-state index is 11.5. The molecular formula is C13H21N6O5S4Tc. The van der Waals surface area contributed by atoms with E-state index in [1.165, 1.54) is 11.5 Å². The van der Waals surface area contributed by atoms with Gasteiger partial charge in [0, 0.05) is 6.42 Å². The number of carboxylic acids is 2. The van der Waals surface area contributed by atoms with E-state index in [2.05, 4.69) is 61.0 Å². The molecule has 0 aliphatic heterocycles. The third-order valence-electron chi connectivity index (χ3n) is 3.03. The summed E-state index contributed by atoms with van der Waals surface area (Å²) in [5.41, 5.74) is 0. The number of carbonyl (C=O) groups is 3. The van der Waals surface area contributed by atoms with E-state index >= 15 is 0 Å². The average molecular weight is 568 g/mol. The molecule has 5 N–H and O–H groups in total. The van der Waals surface area contributed by atoms with Crippen molar-refractivity contribution in [3.63, 3.8) is 0 Å². The number of aliphatic carboxylic acids is 2. The minimum atomic E-state index is -1.29. The van der Waals surface area contributed by atoms with Crippen LogP contribution in [0, 0.1) is 0 Å². The number of aromatic nitrogens is 4. The Labute approximate surface area is 195 Å². The van der Waals surface area contributed by atoms with Crippen molar-refractivity contribution in [2.75, 3.05) is 28.8 Å². The first-order valence-corrected chi connectivity index (χ1v) is 13.5. The number of tetrazole rings is 1. The van der Waals surface area contributed by atoms with Crippen molar-refractivity contribution in [1.82, 2.24) is 31.3 Å². The van der Waals surface area contributed by atoms with Gasteiger partial charge in [0.15, 0.2) is 5.82 Å². The molecule has 16 heteroatoms. The van der Waals surface area contributed by atoms with Crippen LogP contribution in [0.5, 0.6) is 0 Å². The summed E-state index contributed by atoms with van der Waals surface area (Å²) in [5, 5.41) is 34.8. The van der Waals surface area contributed by atoms with Crippen molar-refractivity contribution >= 4 is 64.1 Å². The van der Waals surface area contributed by atoms with E-state index in [1.807, 2.05) is 0 Å². The van der Waals surface area contributed by atoms with Crippen LogP contribution in [0.2, 0.25) is 0 Å². The van der Waals surface area contributed by atoms with Crippen LogP contribution in [0.3, 0.4) is 0 Å². The summed E-state index contributed by atoms with van der Waals surface area (Å²) in [6.45, 7) is 0. The Morgan fingerprint density at radius 1 is 1.07 bits per heavy atom.